The minimum Gasteiger partial charge on any atom is -0.201 e. The summed E-state index contributed by atoms with van der Waals surface area (Å²) in [5.41, 5.74) is 56.6. The maximum atomic E-state index is 2.43. The minimum absolute atomic E-state index is 0.524. The lowest BCUT2D eigenvalue weighted by molar-refractivity contribution is -0.660. The predicted octanol–water partition coefficient (Wildman–Crippen LogP) is 23.3. The number of pyridine rings is 4. The summed E-state index contributed by atoms with van der Waals surface area (Å²) in [5, 5.41) is 0. The van der Waals surface area contributed by atoms with Crippen molar-refractivity contribution < 1.29 is 18.3 Å². The quantitative estimate of drug-likeness (QED) is 0.128. The summed E-state index contributed by atoms with van der Waals surface area (Å²) in [6.45, 7) is 45.0. The lowest BCUT2D eigenvalue weighted by atomic mass is 9.85. The summed E-state index contributed by atoms with van der Waals surface area (Å²) in [7, 11) is 8.68. The van der Waals surface area contributed by atoms with Crippen LogP contribution >= 0.6 is 0 Å². The fraction of sp³-hybridized carbons (Fsp3) is 0.327. The maximum absolute atomic E-state index is 2.43. The number of aryl methyl sites for hydroxylation is 16. The standard InChI is InChI=1S/C26H30N.3C25H28N/c1-16(2)12-20-8-7-9-21-22-11-10-17(3)26(24(22)14-23(20)21)25-13-18(4)19(5)15-27(25)6;1-15(2)19-8-9-20-13-23-21(22(20)12-19)10-7-16(3)25(23)24-11-17(4)18(5)14-26(24)6;1-15(2)20-9-7-8-19-13-22-21(25(19)20)11-10-16(3)24(22)23-12-17(4)18(5)14-26(23)6;1-15(2)21-11-17(4)24(23-12-16(3)18(5)14-26(23)6)22-13-19-9-7-8-10-20(19)25(21)22/h7-11,13,15-16H,12,14H2,1-6H3;3*7-12,14-15H,13H2,1-6H3/q4*+1. The maximum Gasteiger partial charge on any atom is 0.213 e. The van der Waals surface area contributed by atoms with Gasteiger partial charge in [0.1, 0.15) is 28.2 Å². The molecule has 16 rings (SSSR count). The third-order valence-corrected chi connectivity index (χ3v) is 23.9. The van der Waals surface area contributed by atoms with Crippen molar-refractivity contribution in [2.45, 2.75) is 188 Å². The van der Waals surface area contributed by atoms with Gasteiger partial charge >= 0.3 is 0 Å². The first-order chi connectivity index (χ1) is 50.0. The lowest BCUT2D eigenvalue weighted by Gasteiger charge is -2.18. The smallest absolute Gasteiger partial charge is 0.201 e. The number of aromatic nitrogens is 4. The summed E-state index contributed by atoms with van der Waals surface area (Å²) >= 11 is 0. The Morgan fingerprint density at radius 2 is 0.667 bits per heavy atom. The van der Waals surface area contributed by atoms with Gasteiger partial charge in [0.25, 0.3) is 0 Å². The molecule has 0 radical (unpaired) electrons. The third-order valence-electron chi connectivity index (χ3n) is 23.9. The van der Waals surface area contributed by atoms with Crippen LogP contribution in [0.1, 0.15) is 207 Å². The monoisotopic (exact) mass is 1380 g/mol. The molecule has 12 aromatic rings. The molecule has 0 N–H and O–H groups in total. The van der Waals surface area contributed by atoms with E-state index in [1.54, 1.807) is 5.56 Å². The summed E-state index contributed by atoms with van der Waals surface area (Å²) in [4.78, 5) is 0. The molecule has 0 atom stereocenters. The van der Waals surface area contributed by atoms with E-state index in [0.29, 0.717) is 23.7 Å². The Morgan fingerprint density at radius 3 is 1.16 bits per heavy atom. The molecule has 0 amide bonds. The van der Waals surface area contributed by atoms with E-state index in [4.69, 9.17) is 0 Å². The lowest BCUT2D eigenvalue weighted by Crippen LogP contribution is -2.32. The van der Waals surface area contributed by atoms with Crippen LogP contribution in [-0.4, -0.2) is 0 Å². The minimum atomic E-state index is 0.524. The van der Waals surface area contributed by atoms with Gasteiger partial charge in [-0.3, -0.25) is 0 Å². The van der Waals surface area contributed by atoms with Crippen LogP contribution in [0.15, 0.2) is 170 Å². The first kappa shape index (κ1) is 73.7. The average Bonchev–Trinajstić information content (AvgIpc) is 1.64. The summed E-state index contributed by atoms with van der Waals surface area (Å²) in [5.74, 6) is 2.31. The summed E-state index contributed by atoms with van der Waals surface area (Å²) in [6, 6.07) is 55.4. The second-order valence-corrected chi connectivity index (χ2v) is 33.1. The number of hydrogen-bond donors (Lipinski definition) is 0. The molecule has 0 fully saturated rings. The van der Waals surface area contributed by atoms with Gasteiger partial charge in [0.2, 0.25) is 22.8 Å². The number of benzene rings is 8. The second-order valence-electron chi connectivity index (χ2n) is 33.1. The molecule has 0 bridgehead atoms. The van der Waals surface area contributed by atoms with Crippen molar-refractivity contribution in [2.75, 3.05) is 0 Å². The van der Waals surface area contributed by atoms with Gasteiger partial charge in [-0.05, 0) is 295 Å². The van der Waals surface area contributed by atoms with E-state index < -0.39 is 0 Å². The van der Waals surface area contributed by atoms with Crippen molar-refractivity contribution in [3.63, 3.8) is 0 Å². The Balaban J connectivity index is 0.000000124. The molecule has 534 valence electrons. The van der Waals surface area contributed by atoms with Crippen molar-refractivity contribution in [3.8, 4) is 89.5 Å². The molecular weight excluding hydrogens is 1270 g/mol. The van der Waals surface area contributed by atoms with Crippen LogP contribution in [0.25, 0.3) is 89.5 Å². The van der Waals surface area contributed by atoms with E-state index in [1.165, 1.54) is 217 Å². The fourth-order valence-electron chi connectivity index (χ4n) is 17.7. The molecule has 0 unspecified atom stereocenters. The highest BCUT2D eigenvalue weighted by atomic mass is 14.9. The van der Waals surface area contributed by atoms with Crippen LogP contribution in [0.2, 0.25) is 0 Å². The molecule has 0 spiro atoms. The van der Waals surface area contributed by atoms with Gasteiger partial charge in [0, 0.05) is 46.5 Å². The first-order valence-electron chi connectivity index (χ1n) is 38.9. The molecule has 0 saturated carbocycles. The first-order valence-corrected chi connectivity index (χ1v) is 38.9. The van der Waals surface area contributed by atoms with Crippen molar-refractivity contribution >= 4 is 0 Å². The van der Waals surface area contributed by atoms with Gasteiger partial charge in [0.15, 0.2) is 24.8 Å². The Labute approximate surface area is 630 Å². The zero-order valence-electron chi connectivity index (χ0n) is 67.8. The fourth-order valence-corrected chi connectivity index (χ4v) is 17.7. The van der Waals surface area contributed by atoms with Crippen LogP contribution in [0, 0.1) is 89.0 Å². The molecule has 4 aromatic heterocycles. The van der Waals surface area contributed by atoms with Gasteiger partial charge in [0.05, 0.1) is 22.3 Å². The largest absolute Gasteiger partial charge is 0.213 e. The third kappa shape index (κ3) is 13.8. The second kappa shape index (κ2) is 29.4. The molecule has 4 aliphatic carbocycles. The summed E-state index contributed by atoms with van der Waals surface area (Å²) in [6.07, 6.45) is 14.3. The van der Waals surface area contributed by atoms with E-state index in [0.717, 1.165) is 32.1 Å². The van der Waals surface area contributed by atoms with Crippen molar-refractivity contribution in [2.24, 2.45) is 34.1 Å². The van der Waals surface area contributed by atoms with Crippen molar-refractivity contribution in [1.29, 1.82) is 0 Å². The van der Waals surface area contributed by atoms with Gasteiger partial charge in [-0.2, -0.15) is 0 Å². The summed E-state index contributed by atoms with van der Waals surface area (Å²) < 4.78 is 9.16. The number of fused-ring (bicyclic) bond motifs is 12. The van der Waals surface area contributed by atoms with E-state index in [1.807, 2.05) is 0 Å². The van der Waals surface area contributed by atoms with E-state index in [9.17, 15) is 0 Å². The van der Waals surface area contributed by atoms with Crippen LogP contribution in [0.4, 0.5) is 0 Å². The molecular formula is C101H114N4+4. The van der Waals surface area contributed by atoms with Crippen LogP contribution in [0.5, 0.6) is 0 Å². The Hall–Kier alpha value is -9.64. The normalized spacial score (nSPS) is 12.4. The van der Waals surface area contributed by atoms with Crippen molar-refractivity contribution in [3.05, 3.63) is 304 Å². The highest BCUT2D eigenvalue weighted by Gasteiger charge is 2.34. The van der Waals surface area contributed by atoms with Gasteiger partial charge < -0.3 is 0 Å². The van der Waals surface area contributed by atoms with Gasteiger partial charge in [-0.15, -0.1) is 0 Å². The zero-order chi connectivity index (χ0) is 75.0. The van der Waals surface area contributed by atoms with E-state index in [-0.39, 0.29) is 0 Å². The zero-order valence-corrected chi connectivity index (χ0v) is 67.8. The highest BCUT2D eigenvalue weighted by molar-refractivity contribution is 5.90. The van der Waals surface area contributed by atoms with Crippen molar-refractivity contribution in [1.82, 2.24) is 0 Å². The topological polar surface area (TPSA) is 15.5 Å². The molecule has 0 aliphatic heterocycles. The van der Waals surface area contributed by atoms with Gasteiger partial charge in [-0.25, -0.2) is 18.3 Å². The molecule has 105 heavy (non-hydrogen) atoms. The molecule has 4 heterocycles. The highest BCUT2D eigenvalue weighted by Crippen LogP contribution is 2.50. The Kier molecular flexibility index (Phi) is 20.6. The molecule has 0 saturated heterocycles. The average molecular weight is 1380 g/mol. The number of nitrogens with zero attached hydrogens (tertiary/aromatic N) is 4. The van der Waals surface area contributed by atoms with Crippen LogP contribution in [-0.2, 0) is 60.3 Å². The number of rotatable bonds is 9. The molecule has 4 heteroatoms. The van der Waals surface area contributed by atoms with E-state index >= 15 is 0 Å². The molecule has 4 nitrogen and oxygen atoms in total. The van der Waals surface area contributed by atoms with E-state index in [2.05, 4.69) is 355 Å². The SMILES string of the molecule is Cc1cc(-c2c(C)cc(C(C)C)c3c2Cc2ccccc2-3)[n+](C)cc1C.Cc1cc(-c2c(C)ccc3c2Cc2c(CC(C)C)cccc2-3)[n+](C)cc1C.Cc1cc(-c2c(C)ccc3c2Cc2ccc(C(C)C)cc2-3)[n+](C)cc1C.Cc1cc(-c2c(C)ccc3c2Cc2cccc(C(C)C)c2-3)[n+](C)cc1C. The molecule has 8 aromatic carbocycles. The van der Waals surface area contributed by atoms with Crippen LogP contribution in [0.3, 0.4) is 0 Å². The Bertz CT molecular complexity index is 5470. The number of hydrogen-bond acceptors (Lipinski definition) is 0. The predicted molar refractivity (Wildman–Crippen MR) is 443 cm³/mol. The van der Waals surface area contributed by atoms with Crippen LogP contribution < -0.4 is 18.3 Å². The molecule has 4 aliphatic rings. The Morgan fingerprint density at radius 1 is 0.267 bits per heavy atom. The van der Waals surface area contributed by atoms with Gasteiger partial charge in [-0.1, -0.05) is 177 Å².